The predicted octanol–water partition coefficient (Wildman–Crippen LogP) is 3.52. The van der Waals surface area contributed by atoms with Gasteiger partial charge in [0.2, 0.25) is 5.91 Å². The number of hydrogen-bond donors (Lipinski definition) is 1. The summed E-state index contributed by atoms with van der Waals surface area (Å²) in [7, 11) is 0. The molecule has 1 amide bonds. The maximum atomic E-state index is 13.5. The molecule has 0 bridgehead atoms. The lowest BCUT2D eigenvalue weighted by atomic mass is 10.1. The van der Waals surface area contributed by atoms with Gasteiger partial charge in [-0.2, -0.15) is 0 Å². The Labute approximate surface area is 133 Å². The summed E-state index contributed by atoms with van der Waals surface area (Å²) in [5, 5.41) is 13.7. The fourth-order valence-corrected chi connectivity index (χ4v) is 2.97. The van der Waals surface area contributed by atoms with E-state index in [-0.39, 0.29) is 12.1 Å². The molecule has 1 aromatic heterocycles. The van der Waals surface area contributed by atoms with Crippen molar-refractivity contribution in [2.24, 2.45) is 0 Å². The summed E-state index contributed by atoms with van der Waals surface area (Å²) in [6.07, 6.45) is -0.108. The summed E-state index contributed by atoms with van der Waals surface area (Å²) in [4.78, 5) is 26.4. The summed E-state index contributed by atoms with van der Waals surface area (Å²) >= 11 is 1.13. The molecule has 2 aromatic carbocycles. The summed E-state index contributed by atoms with van der Waals surface area (Å²) in [6, 6.07) is 10.3. The molecule has 1 heterocycles. The first-order valence-corrected chi connectivity index (χ1v) is 7.43. The predicted molar refractivity (Wildman–Crippen MR) is 85.0 cm³/mol. The Morgan fingerprint density at radius 3 is 2.83 bits per heavy atom. The minimum Gasteiger partial charge on any atom is -0.302 e. The number of hydrogen-bond acceptors (Lipinski definition) is 5. The molecule has 0 aliphatic carbocycles. The van der Waals surface area contributed by atoms with Crippen LogP contribution in [0, 0.1) is 15.9 Å². The molecule has 0 spiro atoms. The van der Waals surface area contributed by atoms with Crippen molar-refractivity contribution in [2.45, 2.75) is 6.42 Å². The molecule has 0 fully saturated rings. The van der Waals surface area contributed by atoms with Gasteiger partial charge in [-0.3, -0.25) is 14.9 Å². The molecule has 0 saturated heterocycles. The Morgan fingerprint density at radius 2 is 2.09 bits per heavy atom. The Hall–Kier alpha value is -2.87. The maximum absolute atomic E-state index is 13.5. The van der Waals surface area contributed by atoms with E-state index >= 15 is 0 Å². The Morgan fingerprint density at radius 1 is 1.30 bits per heavy atom. The van der Waals surface area contributed by atoms with E-state index in [4.69, 9.17) is 0 Å². The van der Waals surface area contributed by atoms with E-state index < -0.39 is 16.6 Å². The van der Waals surface area contributed by atoms with E-state index in [1.165, 1.54) is 30.3 Å². The number of carbonyl (C=O) groups excluding carboxylic acids is 1. The fourth-order valence-electron chi connectivity index (χ4n) is 2.06. The minimum atomic E-state index is -0.490. The molecular formula is C15H10FN3O3S. The maximum Gasteiger partial charge on any atom is 0.270 e. The van der Waals surface area contributed by atoms with E-state index in [9.17, 15) is 19.3 Å². The van der Waals surface area contributed by atoms with Crippen LogP contribution in [0.4, 0.5) is 15.2 Å². The van der Waals surface area contributed by atoms with Crippen LogP contribution in [0.5, 0.6) is 0 Å². The first kappa shape index (κ1) is 15.0. The van der Waals surface area contributed by atoms with Crippen molar-refractivity contribution in [3.63, 3.8) is 0 Å². The lowest BCUT2D eigenvalue weighted by Crippen LogP contribution is -2.14. The van der Waals surface area contributed by atoms with Gasteiger partial charge in [-0.05, 0) is 17.7 Å². The number of nitrogens with one attached hydrogen (secondary N) is 1. The highest BCUT2D eigenvalue weighted by Crippen LogP contribution is 2.29. The first-order valence-electron chi connectivity index (χ1n) is 6.61. The van der Waals surface area contributed by atoms with Crippen LogP contribution in [0.25, 0.3) is 10.2 Å². The van der Waals surface area contributed by atoms with Gasteiger partial charge in [-0.15, -0.1) is 0 Å². The molecule has 3 rings (SSSR count). The third-order valence-electron chi connectivity index (χ3n) is 3.14. The van der Waals surface area contributed by atoms with Crippen LogP contribution in [0.15, 0.2) is 42.5 Å². The van der Waals surface area contributed by atoms with Crippen LogP contribution in [0.1, 0.15) is 5.56 Å². The quantitative estimate of drug-likeness (QED) is 0.585. The Balaban J connectivity index is 1.77. The molecule has 23 heavy (non-hydrogen) atoms. The highest BCUT2D eigenvalue weighted by molar-refractivity contribution is 7.22. The third-order valence-corrected chi connectivity index (χ3v) is 4.07. The van der Waals surface area contributed by atoms with E-state index in [1.807, 2.05) is 0 Å². The SMILES string of the molecule is O=C(Cc1ccccc1F)Nc1nc2ccc([N+](=O)[O-])cc2s1. The van der Waals surface area contributed by atoms with Crippen LogP contribution in [0.3, 0.4) is 0 Å². The van der Waals surface area contributed by atoms with Gasteiger partial charge < -0.3 is 5.32 Å². The Bertz CT molecular complexity index is 910. The number of rotatable bonds is 4. The number of non-ortho nitro benzene ring substituents is 1. The van der Waals surface area contributed by atoms with Crippen LogP contribution in [-0.2, 0) is 11.2 Å². The van der Waals surface area contributed by atoms with Gasteiger partial charge in [-0.25, -0.2) is 9.37 Å². The number of anilines is 1. The molecule has 3 aromatic rings. The average molecular weight is 331 g/mol. The summed E-state index contributed by atoms with van der Waals surface area (Å²) in [5.41, 5.74) is 0.814. The lowest BCUT2D eigenvalue weighted by Gasteiger charge is -2.02. The van der Waals surface area contributed by atoms with E-state index in [0.717, 1.165) is 11.3 Å². The van der Waals surface area contributed by atoms with Crippen molar-refractivity contribution < 1.29 is 14.1 Å². The van der Waals surface area contributed by atoms with Gasteiger partial charge in [0.25, 0.3) is 5.69 Å². The number of amides is 1. The van der Waals surface area contributed by atoms with E-state index in [1.54, 1.807) is 12.1 Å². The summed E-state index contributed by atoms with van der Waals surface area (Å²) in [6.45, 7) is 0. The topological polar surface area (TPSA) is 85.1 Å². The van der Waals surface area contributed by atoms with Crippen LogP contribution in [0.2, 0.25) is 0 Å². The number of nitro benzene ring substituents is 1. The fraction of sp³-hybridized carbons (Fsp3) is 0.0667. The van der Waals surface area contributed by atoms with Gasteiger partial charge in [0.1, 0.15) is 5.82 Å². The smallest absolute Gasteiger partial charge is 0.270 e. The van der Waals surface area contributed by atoms with Gasteiger partial charge in [0.15, 0.2) is 5.13 Å². The number of benzene rings is 2. The number of nitro groups is 1. The summed E-state index contributed by atoms with van der Waals surface area (Å²) in [5.74, 6) is -0.841. The molecule has 0 radical (unpaired) electrons. The number of fused-ring (bicyclic) bond motifs is 1. The second-order valence-electron chi connectivity index (χ2n) is 4.74. The second-order valence-corrected chi connectivity index (χ2v) is 5.78. The average Bonchev–Trinajstić information content (AvgIpc) is 2.90. The molecule has 6 nitrogen and oxygen atoms in total. The molecule has 1 N–H and O–H groups in total. The first-order chi connectivity index (χ1) is 11.0. The van der Waals surface area contributed by atoms with Crippen molar-refractivity contribution in [3.05, 3.63) is 64.0 Å². The zero-order valence-corrected chi connectivity index (χ0v) is 12.5. The number of thiazole rings is 1. The van der Waals surface area contributed by atoms with Crippen LogP contribution < -0.4 is 5.32 Å². The highest BCUT2D eigenvalue weighted by atomic mass is 32.1. The van der Waals surface area contributed by atoms with E-state index in [0.29, 0.717) is 20.9 Å². The number of halogens is 1. The Kier molecular flexibility index (Phi) is 3.98. The zero-order chi connectivity index (χ0) is 16.4. The molecule has 0 saturated carbocycles. The number of carbonyl (C=O) groups is 1. The van der Waals surface area contributed by atoms with Crippen molar-refractivity contribution in [1.82, 2.24) is 4.98 Å². The van der Waals surface area contributed by atoms with Crippen molar-refractivity contribution >= 4 is 38.3 Å². The van der Waals surface area contributed by atoms with Gasteiger partial charge in [0, 0.05) is 12.1 Å². The zero-order valence-electron chi connectivity index (χ0n) is 11.7. The van der Waals surface area contributed by atoms with Crippen LogP contribution >= 0.6 is 11.3 Å². The minimum absolute atomic E-state index is 0.0367. The number of nitrogens with zero attached hydrogens (tertiary/aromatic N) is 2. The standard InChI is InChI=1S/C15H10FN3O3S/c16-11-4-2-1-3-9(11)7-14(20)18-15-17-12-6-5-10(19(21)22)8-13(12)23-15/h1-6,8H,7H2,(H,17,18,20). The largest absolute Gasteiger partial charge is 0.302 e. The van der Waals surface area contributed by atoms with Gasteiger partial charge in [0.05, 0.1) is 21.6 Å². The normalized spacial score (nSPS) is 10.7. The molecule has 8 heteroatoms. The van der Waals surface area contributed by atoms with Crippen molar-refractivity contribution in [3.8, 4) is 0 Å². The molecule has 0 aliphatic rings. The molecule has 0 atom stereocenters. The molecule has 0 aliphatic heterocycles. The van der Waals surface area contributed by atoms with Gasteiger partial charge >= 0.3 is 0 Å². The molecule has 0 unspecified atom stereocenters. The summed E-state index contributed by atoms with van der Waals surface area (Å²) < 4.78 is 14.1. The molecule has 116 valence electrons. The lowest BCUT2D eigenvalue weighted by molar-refractivity contribution is -0.384. The number of aromatic nitrogens is 1. The van der Waals surface area contributed by atoms with Crippen LogP contribution in [-0.4, -0.2) is 15.8 Å². The van der Waals surface area contributed by atoms with Crippen molar-refractivity contribution in [1.29, 1.82) is 0 Å². The molecular weight excluding hydrogens is 321 g/mol. The van der Waals surface area contributed by atoms with Crippen molar-refractivity contribution in [2.75, 3.05) is 5.32 Å². The third kappa shape index (κ3) is 3.32. The highest BCUT2D eigenvalue weighted by Gasteiger charge is 2.13. The monoisotopic (exact) mass is 331 g/mol. The second kappa shape index (κ2) is 6.09. The van der Waals surface area contributed by atoms with Gasteiger partial charge in [-0.1, -0.05) is 29.5 Å². The van der Waals surface area contributed by atoms with E-state index in [2.05, 4.69) is 10.3 Å².